The highest BCUT2D eigenvalue weighted by Crippen LogP contribution is 2.11. The van der Waals surface area contributed by atoms with Crippen LogP contribution in [-0.4, -0.2) is 22.8 Å². The van der Waals surface area contributed by atoms with Crippen LogP contribution in [-0.2, 0) is 4.74 Å². The largest absolute Gasteiger partial charge is 0.805 e. The Morgan fingerprint density at radius 3 is 2.94 bits per heavy atom. The van der Waals surface area contributed by atoms with Crippen LogP contribution in [0.3, 0.4) is 0 Å². The lowest BCUT2D eigenvalue weighted by Crippen LogP contribution is -2.31. The molecule has 2 heterocycles. The topological polar surface area (TPSA) is 90.2 Å². The van der Waals surface area contributed by atoms with Gasteiger partial charge in [-0.15, -0.1) is 0 Å². The molecule has 0 radical (unpaired) electrons. The number of fused-ring (bicyclic) bond motifs is 1. The van der Waals surface area contributed by atoms with Crippen molar-refractivity contribution in [3.05, 3.63) is 39.8 Å². The van der Waals surface area contributed by atoms with Crippen LogP contribution in [0.1, 0.15) is 16.2 Å². The van der Waals surface area contributed by atoms with Gasteiger partial charge in [0.2, 0.25) is 0 Å². The Labute approximate surface area is 95.5 Å². The Morgan fingerprint density at radius 2 is 2.29 bits per heavy atom. The van der Waals surface area contributed by atoms with Crippen LogP contribution >= 0.6 is 0 Å². The molecule has 0 atom stereocenters. The third-order valence-corrected chi connectivity index (χ3v) is 2.41. The van der Waals surface area contributed by atoms with Crippen molar-refractivity contribution in [1.29, 1.82) is 0 Å². The van der Waals surface area contributed by atoms with Crippen molar-refractivity contribution in [2.75, 3.05) is 7.11 Å². The standard InChI is InChI=1S/C10H9N3O4/c1-6-8(10(14)17-2)13(16)9-7(12(6)15)4-3-5-11-9/h3-5H,1-2H3. The Kier molecular flexibility index (Phi) is 2.51. The van der Waals surface area contributed by atoms with Crippen molar-refractivity contribution >= 4 is 17.1 Å². The van der Waals surface area contributed by atoms with Crippen molar-refractivity contribution in [3.63, 3.8) is 0 Å². The second-order valence-corrected chi connectivity index (χ2v) is 3.36. The van der Waals surface area contributed by atoms with Crippen molar-refractivity contribution in [3.8, 4) is 0 Å². The summed E-state index contributed by atoms with van der Waals surface area (Å²) in [7, 11) is 1.14. The van der Waals surface area contributed by atoms with E-state index in [0.29, 0.717) is 9.16 Å². The van der Waals surface area contributed by atoms with Crippen LogP contribution in [0.25, 0.3) is 11.2 Å². The van der Waals surface area contributed by atoms with Crippen molar-refractivity contribution in [1.82, 2.24) is 9.71 Å². The van der Waals surface area contributed by atoms with Gasteiger partial charge in [0, 0.05) is 4.43 Å². The Hall–Kier alpha value is -2.44. The number of nitrogens with zero attached hydrogens (tertiary/aromatic N) is 3. The zero-order valence-corrected chi connectivity index (χ0v) is 9.21. The molecule has 88 valence electrons. The molecular formula is C10H9N3O4. The lowest BCUT2D eigenvalue weighted by molar-refractivity contribution is -0.472. The van der Waals surface area contributed by atoms with Gasteiger partial charge in [-0.1, -0.05) is 4.91 Å². The predicted molar refractivity (Wildman–Crippen MR) is 57.9 cm³/mol. The van der Waals surface area contributed by atoms with Crippen molar-refractivity contribution in [2.24, 2.45) is 0 Å². The molecule has 0 saturated carbocycles. The average molecular weight is 235 g/mol. The smallest absolute Gasteiger partial charge is 0.390 e. The maximum atomic E-state index is 11.9. The first-order chi connectivity index (χ1) is 8.07. The summed E-state index contributed by atoms with van der Waals surface area (Å²) in [5, 5.41) is 11.8. The van der Waals surface area contributed by atoms with E-state index in [9.17, 15) is 14.9 Å². The molecule has 17 heavy (non-hydrogen) atoms. The molecule has 0 aliphatic carbocycles. The highest BCUT2D eigenvalue weighted by molar-refractivity contribution is 5.88. The number of hydrogen-bond donors (Lipinski definition) is 0. The SMILES string of the molecule is COC(=O)c1c(C)n([O-])c2cccnc2[n+]1=O. The maximum absolute atomic E-state index is 11.9. The number of carbonyl (C=O) groups excluding carboxylic acids is 1. The van der Waals surface area contributed by atoms with E-state index in [1.165, 1.54) is 25.3 Å². The summed E-state index contributed by atoms with van der Waals surface area (Å²) < 4.78 is 5.26. The van der Waals surface area contributed by atoms with Gasteiger partial charge in [-0.2, -0.15) is 0 Å². The van der Waals surface area contributed by atoms with Gasteiger partial charge in [-0.3, -0.25) is 0 Å². The number of methoxy groups -OCH3 is 1. The molecule has 0 aromatic carbocycles. The predicted octanol–water partition coefficient (Wildman–Crippen LogP) is 0.392. The normalized spacial score (nSPS) is 10.5. The number of aromatic nitrogens is 3. The van der Waals surface area contributed by atoms with Gasteiger partial charge in [-0.25, -0.2) is 4.79 Å². The van der Waals surface area contributed by atoms with E-state index in [0.717, 1.165) is 7.11 Å². The lowest BCUT2D eigenvalue weighted by Gasteiger charge is -2.15. The van der Waals surface area contributed by atoms with E-state index in [1.54, 1.807) is 0 Å². The molecule has 0 amide bonds. The minimum Gasteiger partial charge on any atom is -0.805 e. The Morgan fingerprint density at radius 1 is 1.59 bits per heavy atom. The van der Waals surface area contributed by atoms with Crippen LogP contribution in [0.2, 0.25) is 0 Å². The second-order valence-electron chi connectivity index (χ2n) is 3.36. The molecule has 7 nitrogen and oxygen atoms in total. The maximum Gasteiger partial charge on any atom is 0.390 e. The third-order valence-electron chi connectivity index (χ3n) is 2.41. The molecule has 0 unspecified atom stereocenters. The molecule has 0 spiro atoms. The number of ether oxygens (including phenoxy) is 1. The van der Waals surface area contributed by atoms with Crippen LogP contribution in [0.4, 0.5) is 0 Å². The number of pyridine rings is 1. The molecule has 7 heteroatoms. The van der Waals surface area contributed by atoms with Gasteiger partial charge in [0.1, 0.15) is 11.7 Å². The number of carbonyl (C=O) groups is 1. The first-order valence-corrected chi connectivity index (χ1v) is 4.76. The molecule has 2 aromatic rings. The van der Waals surface area contributed by atoms with Crippen molar-refractivity contribution < 1.29 is 14.0 Å². The monoisotopic (exact) mass is 235 g/mol. The quantitative estimate of drug-likeness (QED) is 0.526. The van der Waals surface area contributed by atoms with E-state index >= 15 is 0 Å². The van der Waals surface area contributed by atoms with Crippen LogP contribution in [0.15, 0.2) is 18.3 Å². The first kappa shape index (κ1) is 11.1. The van der Waals surface area contributed by atoms with Crippen LogP contribution < -0.4 is 4.43 Å². The van der Waals surface area contributed by atoms with Gasteiger partial charge in [0.15, 0.2) is 0 Å². The van der Waals surface area contributed by atoms with Gasteiger partial charge >= 0.3 is 11.6 Å². The van der Waals surface area contributed by atoms with Crippen molar-refractivity contribution in [2.45, 2.75) is 6.92 Å². The fourth-order valence-electron chi connectivity index (χ4n) is 1.56. The van der Waals surface area contributed by atoms with E-state index in [2.05, 4.69) is 9.72 Å². The van der Waals surface area contributed by atoms with Gasteiger partial charge in [0.05, 0.1) is 12.8 Å². The van der Waals surface area contributed by atoms with E-state index < -0.39 is 5.97 Å². The van der Waals surface area contributed by atoms with Crippen LogP contribution in [0.5, 0.6) is 0 Å². The fraction of sp³-hybridized carbons (Fsp3) is 0.200. The summed E-state index contributed by atoms with van der Waals surface area (Å²) in [5.41, 5.74) is -0.387. The summed E-state index contributed by atoms with van der Waals surface area (Å²) in [6.45, 7) is 1.38. The molecular weight excluding hydrogens is 226 g/mol. The fourth-order valence-corrected chi connectivity index (χ4v) is 1.56. The van der Waals surface area contributed by atoms with Crippen LogP contribution in [0, 0.1) is 17.0 Å². The number of esters is 1. The first-order valence-electron chi connectivity index (χ1n) is 4.76. The molecule has 2 rings (SSSR count). The summed E-state index contributed by atoms with van der Waals surface area (Å²) >= 11 is 0. The van der Waals surface area contributed by atoms with E-state index in [1.807, 2.05) is 0 Å². The molecule has 0 saturated heterocycles. The zero-order valence-electron chi connectivity index (χ0n) is 9.21. The van der Waals surface area contributed by atoms with Gasteiger partial charge < -0.3 is 14.7 Å². The average Bonchev–Trinajstić information content (AvgIpc) is 2.36. The Bertz CT molecular complexity index is 662. The minimum absolute atomic E-state index is 0.0210. The Balaban J connectivity index is 2.97. The zero-order chi connectivity index (χ0) is 12.6. The summed E-state index contributed by atoms with van der Waals surface area (Å²) in [6.07, 6.45) is 1.37. The second kappa shape index (κ2) is 3.85. The number of hydrogen-bond acceptors (Lipinski definition) is 5. The third kappa shape index (κ3) is 1.52. The van der Waals surface area contributed by atoms with Gasteiger partial charge in [0.25, 0.3) is 5.69 Å². The number of rotatable bonds is 1. The summed E-state index contributed by atoms with van der Waals surface area (Å²) in [5.74, 6) is -0.866. The molecule has 0 aliphatic heterocycles. The highest BCUT2D eigenvalue weighted by atomic mass is 16.5. The molecule has 2 aromatic heterocycles. The molecule has 0 fully saturated rings. The molecule has 0 bridgehead atoms. The lowest BCUT2D eigenvalue weighted by atomic mass is 10.3. The van der Waals surface area contributed by atoms with Gasteiger partial charge in [-0.05, 0) is 24.0 Å². The minimum atomic E-state index is -0.866. The molecule has 0 aliphatic rings. The summed E-state index contributed by atoms with van der Waals surface area (Å²) in [6, 6.07) is 2.99. The summed E-state index contributed by atoms with van der Waals surface area (Å²) in [4.78, 5) is 27.1. The highest BCUT2D eigenvalue weighted by Gasteiger charge is 2.24. The van der Waals surface area contributed by atoms with E-state index in [-0.39, 0.29) is 22.6 Å². The molecule has 0 N–H and O–H groups in total. The van der Waals surface area contributed by atoms with E-state index in [4.69, 9.17) is 0 Å².